The first kappa shape index (κ1) is 13.9. The summed E-state index contributed by atoms with van der Waals surface area (Å²) in [6.07, 6.45) is 3.29. The van der Waals surface area contributed by atoms with E-state index >= 15 is 0 Å². The Hall–Kier alpha value is -1.13. The van der Waals surface area contributed by atoms with Gasteiger partial charge in [-0.1, -0.05) is 13.8 Å². The van der Waals surface area contributed by atoms with E-state index in [-0.39, 0.29) is 12.5 Å². The highest BCUT2D eigenvalue weighted by molar-refractivity contribution is 5.28. The molecule has 1 heterocycles. The molecule has 0 bridgehead atoms. The summed E-state index contributed by atoms with van der Waals surface area (Å²) in [5.41, 5.74) is -0.310. The first-order valence-electron chi connectivity index (χ1n) is 5.84. The van der Waals surface area contributed by atoms with E-state index in [1.807, 2.05) is 26.8 Å². The zero-order valence-corrected chi connectivity index (χ0v) is 10.9. The summed E-state index contributed by atoms with van der Waals surface area (Å²) in [5, 5.41) is 10.6. The minimum atomic E-state index is -1.03. The van der Waals surface area contributed by atoms with E-state index in [1.165, 1.54) is 0 Å². The summed E-state index contributed by atoms with van der Waals surface area (Å²) in [5.74, 6) is 0.696. The zero-order chi connectivity index (χ0) is 12.9. The van der Waals surface area contributed by atoms with Crippen LogP contribution in [-0.2, 0) is 10.3 Å². The third-order valence-electron chi connectivity index (χ3n) is 2.84. The number of ether oxygens (including phenoxy) is 2. The third kappa shape index (κ3) is 3.17. The Balaban J connectivity index is 3.05. The topological polar surface area (TPSA) is 51.6 Å². The summed E-state index contributed by atoms with van der Waals surface area (Å²) in [7, 11) is 1.58. The molecule has 0 spiro atoms. The predicted molar refractivity (Wildman–Crippen MR) is 66.0 cm³/mol. The standard InChI is InChI=1S/C13H21NO3/c1-5-17-12-6-11(7-14-8-12)13(15,9-16-4)10(2)3/h6-8,10,15H,5,9H2,1-4H3. The summed E-state index contributed by atoms with van der Waals surface area (Å²) < 4.78 is 10.5. The van der Waals surface area contributed by atoms with Gasteiger partial charge in [0.1, 0.15) is 11.4 Å². The van der Waals surface area contributed by atoms with E-state index < -0.39 is 5.60 Å². The van der Waals surface area contributed by atoms with E-state index in [9.17, 15) is 5.11 Å². The average molecular weight is 239 g/mol. The van der Waals surface area contributed by atoms with Crippen LogP contribution in [0.4, 0.5) is 0 Å². The molecule has 1 aromatic heterocycles. The van der Waals surface area contributed by atoms with Gasteiger partial charge in [0, 0.05) is 18.9 Å². The van der Waals surface area contributed by atoms with Gasteiger partial charge in [-0.15, -0.1) is 0 Å². The highest BCUT2D eigenvalue weighted by Gasteiger charge is 2.33. The molecule has 1 aromatic rings. The van der Waals surface area contributed by atoms with Crippen molar-refractivity contribution < 1.29 is 14.6 Å². The molecular weight excluding hydrogens is 218 g/mol. The Kier molecular flexibility index (Phi) is 4.90. The van der Waals surface area contributed by atoms with Gasteiger partial charge in [-0.3, -0.25) is 4.98 Å². The normalized spacial score (nSPS) is 14.7. The van der Waals surface area contributed by atoms with Crippen molar-refractivity contribution >= 4 is 0 Å². The van der Waals surface area contributed by atoms with Crippen LogP contribution in [0.3, 0.4) is 0 Å². The molecule has 0 aromatic carbocycles. The number of aromatic nitrogens is 1. The molecule has 1 rings (SSSR count). The number of nitrogens with zero attached hydrogens (tertiary/aromatic N) is 1. The maximum atomic E-state index is 10.6. The summed E-state index contributed by atoms with van der Waals surface area (Å²) in [6.45, 7) is 6.63. The van der Waals surface area contributed by atoms with Crippen LogP contribution in [0.1, 0.15) is 26.3 Å². The van der Waals surface area contributed by atoms with E-state index in [0.717, 1.165) is 5.56 Å². The average Bonchev–Trinajstić information content (AvgIpc) is 2.30. The van der Waals surface area contributed by atoms with Crippen LogP contribution in [0.25, 0.3) is 0 Å². The fourth-order valence-corrected chi connectivity index (χ4v) is 1.70. The molecule has 17 heavy (non-hydrogen) atoms. The maximum absolute atomic E-state index is 10.6. The quantitative estimate of drug-likeness (QED) is 0.824. The summed E-state index contributed by atoms with van der Waals surface area (Å²) >= 11 is 0. The van der Waals surface area contributed by atoms with Crippen molar-refractivity contribution in [2.24, 2.45) is 5.92 Å². The van der Waals surface area contributed by atoms with Crippen molar-refractivity contribution in [3.63, 3.8) is 0 Å². The predicted octanol–water partition coefficient (Wildman–Crippen LogP) is 1.97. The van der Waals surface area contributed by atoms with Crippen molar-refractivity contribution in [2.75, 3.05) is 20.3 Å². The number of rotatable bonds is 6. The van der Waals surface area contributed by atoms with Gasteiger partial charge in [-0.25, -0.2) is 0 Å². The van der Waals surface area contributed by atoms with E-state index in [4.69, 9.17) is 9.47 Å². The Morgan fingerprint density at radius 3 is 2.65 bits per heavy atom. The van der Waals surface area contributed by atoms with Gasteiger partial charge in [0.25, 0.3) is 0 Å². The van der Waals surface area contributed by atoms with Gasteiger partial charge in [0.2, 0.25) is 0 Å². The van der Waals surface area contributed by atoms with Gasteiger partial charge in [0.15, 0.2) is 0 Å². The lowest BCUT2D eigenvalue weighted by atomic mass is 9.85. The lowest BCUT2D eigenvalue weighted by Crippen LogP contribution is -2.37. The zero-order valence-electron chi connectivity index (χ0n) is 10.9. The van der Waals surface area contributed by atoms with E-state index in [1.54, 1.807) is 19.5 Å². The molecule has 0 aliphatic heterocycles. The van der Waals surface area contributed by atoms with Crippen LogP contribution in [0.2, 0.25) is 0 Å². The first-order chi connectivity index (χ1) is 8.04. The Bertz CT molecular complexity index is 354. The highest BCUT2D eigenvalue weighted by atomic mass is 16.5. The number of methoxy groups -OCH3 is 1. The van der Waals surface area contributed by atoms with Crippen molar-refractivity contribution in [2.45, 2.75) is 26.4 Å². The summed E-state index contributed by atoms with van der Waals surface area (Å²) in [4.78, 5) is 4.09. The van der Waals surface area contributed by atoms with Crippen molar-refractivity contribution in [3.8, 4) is 5.75 Å². The number of hydrogen-bond acceptors (Lipinski definition) is 4. The molecule has 0 fully saturated rings. The molecule has 0 radical (unpaired) electrons. The lowest BCUT2D eigenvalue weighted by Gasteiger charge is -2.31. The molecule has 96 valence electrons. The highest BCUT2D eigenvalue weighted by Crippen LogP contribution is 2.31. The number of hydrogen-bond donors (Lipinski definition) is 1. The van der Waals surface area contributed by atoms with Gasteiger partial charge < -0.3 is 14.6 Å². The second kappa shape index (κ2) is 5.98. The molecule has 4 nitrogen and oxygen atoms in total. The van der Waals surface area contributed by atoms with E-state index in [2.05, 4.69) is 4.98 Å². The Morgan fingerprint density at radius 1 is 1.41 bits per heavy atom. The molecule has 0 aliphatic carbocycles. The SMILES string of the molecule is CCOc1cncc(C(O)(COC)C(C)C)c1. The minimum Gasteiger partial charge on any atom is -0.492 e. The largest absolute Gasteiger partial charge is 0.492 e. The van der Waals surface area contributed by atoms with Gasteiger partial charge in [-0.2, -0.15) is 0 Å². The Labute approximate surface area is 103 Å². The summed E-state index contributed by atoms with van der Waals surface area (Å²) in [6, 6.07) is 1.82. The monoisotopic (exact) mass is 239 g/mol. The maximum Gasteiger partial charge on any atom is 0.137 e. The van der Waals surface area contributed by atoms with Gasteiger partial charge in [0.05, 0.1) is 19.4 Å². The smallest absolute Gasteiger partial charge is 0.137 e. The Morgan fingerprint density at radius 2 is 2.12 bits per heavy atom. The van der Waals surface area contributed by atoms with Crippen molar-refractivity contribution in [1.29, 1.82) is 0 Å². The third-order valence-corrected chi connectivity index (χ3v) is 2.84. The van der Waals surface area contributed by atoms with Crippen LogP contribution < -0.4 is 4.74 Å². The number of aliphatic hydroxyl groups is 1. The second-order valence-electron chi connectivity index (χ2n) is 4.35. The molecule has 0 saturated carbocycles. The molecule has 4 heteroatoms. The fourth-order valence-electron chi connectivity index (χ4n) is 1.70. The van der Waals surface area contributed by atoms with Crippen molar-refractivity contribution in [1.82, 2.24) is 4.98 Å². The fraction of sp³-hybridized carbons (Fsp3) is 0.615. The molecule has 1 unspecified atom stereocenters. The second-order valence-corrected chi connectivity index (χ2v) is 4.35. The van der Waals surface area contributed by atoms with Gasteiger partial charge in [-0.05, 0) is 18.9 Å². The van der Waals surface area contributed by atoms with Crippen LogP contribution in [0, 0.1) is 5.92 Å². The first-order valence-corrected chi connectivity index (χ1v) is 5.84. The lowest BCUT2D eigenvalue weighted by molar-refractivity contribution is -0.0703. The van der Waals surface area contributed by atoms with Crippen LogP contribution >= 0.6 is 0 Å². The van der Waals surface area contributed by atoms with E-state index in [0.29, 0.717) is 12.4 Å². The molecule has 1 atom stereocenters. The van der Waals surface area contributed by atoms with Crippen molar-refractivity contribution in [3.05, 3.63) is 24.0 Å². The minimum absolute atomic E-state index is 0.0288. The van der Waals surface area contributed by atoms with Crippen LogP contribution in [0.5, 0.6) is 5.75 Å². The molecule has 0 saturated heterocycles. The molecule has 1 N–H and O–H groups in total. The van der Waals surface area contributed by atoms with Crippen LogP contribution in [0.15, 0.2) is 18.5 Å². The molecular formula is C13H21NO3. The van der Waals surface area contributed by atoms with Gasteiger partial charge >= 0.3 is 0 Å². The number of pyridine rings is 1. The van der Waals surface area contributed by atoms with Crippen LogP contribution in [-0.4, -0.2) is 30.4 Å². The molecule has 0 amide bonds. The molecule has 0 aliphatic rings.